The molecule has 1 aliphatic heterocycles. The summed E-state index contributed by atoms with van der Waals surface area (Å²) in [6.07, 6.45) is 0.962. The molecule has 1 aliphatic rings. The predicted octanol–water partition coefficient (Wildman–Crippen LogP) is 0.413. The van der Waals surface area contributed by atoms with Gasteiger partial charge in [0.1, 0.15) is 11.9 Å². The van der Waals surface area contributed by atoms with Crippen LogP contribution in [-0.2, 0) is 9.63 Å². The molecule has 0 saturated carbocycles. The minimum Gasteiger partial charge on any atom is -0.365 e. The fraction of sp³-hybridized carbons (Fsp3) is 0.667. The minimum absolute atomic E-state index is 0.0237. The van der Waals surface area contributed by atoms with Crippen LogP contribution in [0.2, 0.25) is 0 Å². The van der Waals surface area contributed by atoms with Gasteiger partial charge in [0, 0.05) is 25.8 Å². The van der Waals surface area contributed by atoms with E-state index in [1.165, 1.54) is 0 Å². The van der Waals surface area contributed by atoms with Crippen molar-refractivity contribution in [2.45, 2.75) is 52.0 Å². The van der Waals surface area contributed by atoms with Crippen LogP contribution in [0.5, 0.6) is 0 Å². The number of aryl methyl sites for hydroxylation is 1. The number of pyridine rings is 1. The standard InChI is InChI=1S/C18H30N4O4/c1-12(2)9-15(18(24,25)17(19)23)26-22-8-7-21(11-14(22)4)16-10-13(3)5-6-20-16/h5-6,10,12,14-15,24-25H,7-9,11H2,1-4H3,(H2,19,23)/t14-,15?/m0/s1. The molecule has 4 N–H and O–H groups in total. The molecule has 0 aromatic carbocycles. The number of piperazine rings is 1. The molecule has 26 heavy (non-hydrogen) atoms. The largest absolute Gasteiger partial charge is 0.365 e. The van der Waals surface area contributed by atoms with Crippen LogP contribution < -0.4 is 10.6 Å². The first-order chi connectivity index (χ1) is 12.1. The molecule has 0 bridgehead atoms. The summed E-state index contributed by atoms with van der Waals surface area (Å²) in [7, 11) is 0. The van der Waals surface area contributed by atoms with Crippen LogP contribution in [0.15, 0.2) is 18.3 Å². The van der Waals surface area contributed by atoms with Gasteiger partial charge in [-0.15, -0.1) is 0 Å². The molecule has 1 amide bonds. The monoisotopic (exact) mass is 366 g/mol. The van der Waals surface area contributed by atoms with Gasteiger partial charge < -0.3 is 20.8 Å². The van der Waals surface area contributed by atoms with Crippen molar-refractivity contribution in [2.75, 3.05) is 24.5 Å². The van der Waals surface area contributed by atoms with Crippen molar-refractivity contribution in [2.24, 2.45) is 11.7 Å². The number of carbonyl (C=O) groups excluding carboxylic acids is 1. The number of hydrogen-bond acceptors (Lipinski definition) is 7. The number of nitrogens with zero attached hydrogens (tertiary/aromatic N) is 3. The van der Waals surface area contributed by atoms with E-state index in [2.05, 4.69) is 9.88 Å². The van der Waals surface area contributed by atoms with Crippen molar-refractivity contribution in [3.8, 4) is 0 Å². The summed E-state index contributed by atoms with van der Waals surface area (Å²) in [5.74, 6) is -2.91. The van der Waals surface area contributed by atoms with Crippen molar-refractivity contribution < 1.29 is 19.8 Å². The predicted molar refractivity (Wildman–Crippen MR) is 98.0 cm³/mol. The van der Waals surface area contributed by atoms with Gasteiger partial charge in [-0.3, -0.25) is 9.63 Å². The van der Waals surface area contributed by atoms with E-state index in [-0.39, 0.29) is 12.0 Å². The first kappa shape index (κ1) is 20.6. The smallest absolute Gasteiger partial charge is 0.280 e. The van der Waals surface area contributed by atoms with Crippen molar-refractivity contribution in [3.63, 3.8) is 0 Å². The number of carbonyl (C=O) groups is 1. The maximum absolute atomic E-state index is 11.4. The average Bonchev–Trinajstić information content (AvgIpc) is 2.55. The summed E-state index contributed by atoms with van der Waals surface area (Å²) in [6.45, 7) is 9.73. The van der Waals surface area contributed by atoms with Crippen LogP contribution in [0.1, 0.15) is 32.8 Å². The molecule has 2 rings (SSSR count). The number of rotatable bonds is 7. The minimum atomic E-state index is -2.71. The highest BCUT2D eigenvalue weighted by molar-refractivity contribution is 5.81. The van der Waals surface area contributed by atoms with Gasteiger partial charge in [-0.05, 0) is 43.9 Å². The summed E-state index contributed by atoms with van der Waals surface area (Å²) in [5, 5.41) is 21.9. The van der Waals surface area contributed by atoms with Crippen LogP contribution in [0.4, 0.5) is 5.82 Å². The molecule has 0 radical (unpaired) electrons. The molecule has 1 saturated heterocycles. The third kappa shape index (κ3) is 4.91. The van der Waals surface area contributed by atoms with Gasteiger partial charge in [0.05, 0.1) is 6.04 Å². The Morgan fingerprint density at radius 3 is 2.69 bits per heavy atom. The highest BCUT2D eigenvalue weighted by atomic mass is 16.7. The van der Waals surface area contributed by atoms with Crippen molar-refractivity contribution in [1.29, 1.82) is 0 Å². The van der Waals surface area contributed by atoms with E-state index < -0.39 is 17.8 Å². The molecule has 2 heterocycles. The maximum atomic E-state index is 11.4. The van der Waals surface area contributed by atoms with Gasteiger partial charge in [-0.2, -0.15) is 5.06 Å². The zero-order valence-electron chi connectivity index (χ0n) is 15.9. The molecular formula is C18H30N4O4. The molecule has 1 aromatic heterocycles. The van der Waals surface area contributed by atoms with Crippen molar-refractivity contribution in [1.82, 2.24) is 10.0 Å². The van der Waals surface area contributed by atoms with Crippen LogP contribution in [0.3, 0.4) is 0 Å². The highest BCUT2D eigenvalue weighted by Crippen LogP contribution is 2.24. The Morgan fingerprint density at radius 2 is 2.15 bits per heavy atom. The number of nitrogens with two attached hydrogens (primary N) is 1. The normalized spacial score (nSPS) is 20.4. The average molecular weight is 366 g/mol. The number of primary amides is 1. The van der Waals surface area contributed by atoms with E-state index in [4.69, 9.17) is 10.6 Å². The number of amides is 1. The fourth-order valence-electron chi connectivity index (χ4n) is 3.03. The summed E-state index contributed by atoms with van der Waals surface area (Å²) in [6, 6.07) is 3.96. The van der Waals surface area contributed by atoms with Crippen LogP contribution in [-0.4, -0.2) is 63.7 Å². The van der Waals surface area contributed by atoms with Gasteiger partial charge in [-0.25, -0.2) is 4.98 Å². The second kappa shape index (κ2) is 8.30. The van der Waals surface area contributed by atoms with Gasteiger partial charge in [-0.1, -0.05) is 13.8 Å². The first-order valence-electron chi connectivity index (χ1n) is 8.97. The SMILES string of the molecule is Cc1ccnc(N2CCN(OC(CC(C)C)C(O)(O)C(N)=O)[C@@H](C)C2)c1. The Bertz CT molecular complexity index is 623. The molecular weight excluding hydrogens is 336 g/mol. The molecule has 8 heteroatoms. The van der Waals surface area contributed by atoms with Crippen LogP contribution in [0, 0.1) is 12.8 Å². The molecule has 1 fully saturated rings. The Kier molecular flexibility index (Phi) is 6.57. The number of hydrogen-bond donors (Lipinski definition) is 3. The van der Waals surface area contributed by atoms with Gasteiger partial charge in [0.25, 0.3) is 11.7 Å². The molecule has 1 unspecified atom stereocenters. The lowest BCUT2D eigenvalue weighted by Crippen LogP contribution is -2.59. The molecule has 0 aliphatic carbocycles. The number of aromatic nitrogens is 1. The van der Waals surface area contributed by atoms with E-state index in [1.807, 2.05) is 39.8 Å². The maximum Gasteiger partial charge on any atom is 0.280 e. The highest BCUT2D eigenvalue weighted by Gasteiger charge is 2.44. The second-order valence-corrected chi connectivity index (χ2v) is 7.44. The molecule has 1 aromatic rings. The lowest BCUT2D eigenvalue weighted by molar-refractivity contribution is -0.306. The second-order valence-electron chi connectivity index (χ2n) is 7.44. The lowest BCUT2D eigenvalue weighted by Gasteiger charge is -2.42. The Morgan fingerprint density at radius 1 is 1.46 bits per heavy atom. The van der Waals surface area contributed by atoms with Crippen molar-refractivity contribution >= 4 is 11.7 Å². The van der Waals surface area contributed by atoms with Gasteiger partial charge in [0.2, 0.25) is 0 Å². The van der Waals surface area contributed by atoms with E-state index in [0.29, 0.717) is 26.1 Å². The molecule has 0 spiro atoms. The molecule has 8 nitrogen and oxygen atoms in total. The van der Waals surface area contributed by atoms with E-state index in [1.54, 1.807) is 11.3 Å². The Labute approximate surface area is 154 Å². The van der Waals surface area contributed by atoms with Crippen LogP contribution in [0.25, 0.3) is 0 Å². The van der Waals surface area contributed by atoms with Crippen molar-refractivity contribution in [3.05, 3.63) is 23.9 Å². The summed E-state index contributed by atoms with van der Waals surface area (Å²) in [5.41, 5.74) is 6.29. The van der Waals surface area contributed by atoms with Crippen LogP contribution >= 0.6 is 0 Å². The zero-order chi connectivity index (χ0) is 19.5. The quantitative estimate of drug-likeness (QED) is 0.599. The Balaban J connectivity index is 2.06. The summed E-state index contributed by atoms with van der Waals surface area (Å²) >= 11 is 0. The summed E-state index contributed by atoms with van der Waals surface area (Å²) in [4.78, 5) is 23.8. The third-order valence-corrected chi connectivity index (χ3v) is 4.55. The molecule has 2 atom stereocenters. The lowest BCUT2D eigenvalue weighted by atomic mass is 9.99. The number of aliphatic hydroxyl groups is 2. The molecule has 146 valence electrons. The fourth-order valence-corrected chi connectivity index (χ4v) is 3.03. The number of anilines is 1. The topological polar surface area (TPSA) is 112 Å². The van der Waals surface area contributed by atoms with E-state index in [0.717, 1.165) is 11.4 Å². The van der Waals surface area contributed by atoms with E-state index >= 15 is 0 Å². The summed E-state index contributed by atoms with van der Waals surface area (Å²) < 4.78 is 0. The first-order valence-corrected chi connectivity index (χ1v) is 8.97. The van der Waals surface area contributed by atoms with E-state index in [9.17, 15) is 15.0 Å². The zero-order valence-corrected chi connectivity index (χ0v) is 15.9. The number of hydroxylamine groups is 2. The third-order valence-electron chi connectivity index (χ3n) is 4.55. The van der Waals surface area contributed by atoms with Gasteiger partial charge >= 0.3 is 0 Å². The van der Waals surface area contributed by atoms with Gasteiger partial charge in [0.15, 0.2) is 0 Å². The Hall–Kier alpha value is -1.74.